The van der Waals surface area contributed by atoms with Crippen molar-refractivity contribution in [1.82, 2.24) is 5.06 Å². The van der Waals surface area contributed by atoms with Crippen molar-refractivity contribution >= 4 is 12.4 Å². The molecule has 0 aliphatic heterocycles. The van der Waals surface area contributed by atoms with Gasteiger partial charge in [0.25, 0.3) is 0 Å². The molecule has 0 bridgehead atoms. The first kappa shape index (κ1) is 19.2. The van der Waals surface area contributed by atoms with Crippen LogP contribution >= 0.6 is 0 Å². The second kappa shape index (κ2) is 10.8. The maximum Gasteiger partial charge on any atom is 0.308 e. The van der Waals surface area contributed by atoms with Gasteiger partial charge in [-0.3, -0.25) is 14.4 Å². The van der Waals surface area contributed by atoms with Gasteiger partial charge in [-0.2, -0.15) is 0 Å². The quantitative estimate of drug-likeness (QED) is 0.362. The van der Waals surface area contributed by atoms with E-state index in [9.17, 15) is 14.7 Å². The number of unbranched alkanes of at least 4 members (excludes halogenated alkanes) is 2. The van der Waals surface area contributed by atoms with Crippen molar-refractivity contribution in [3.63, 3.8) is 0 Å². The number of carboxylic acid groups (broad SMARTS) is 1. The van der Waals surface area contributed by atoms with Gasteiger partial charge in [-0.05, 0) is 18.4 Å². The van der Waals surface area contributed by atoms with Crippen molar-refractivity contribution < 1.29 is 19.5 Å². The Labute approximate surface area is 138 Å². The highest BCUT2D eigenvalue weighted by atomic mass is 16.7. The molecule has 0 spiro atoms. The molecular formula is C18H27NO4. The van der Waals surface area contributed by atoms with E-state index in [2.05, 4.69) is 6.92 Å². The van der Waals surface area contributed by atoms with Crippen LogP contribution in [0.4, 0.5) is 0 Å². The highest BCUT2D eigenvalue weighted by Gasteiger charge is 2.31. The Morgan fingerprint density at radius 1 is 1.26 bits per heavy atom. The predicted octanol–water partition coefficient (Wildman–Crippen LogP) is 3.64. The number of rotatable bonds is 12. The Morgan fingerprint density at radius 2 is 1.96 bits per heavy atom. The number of hydrogen-bond donors (Lipinski definition) is 1. The first-order chi connectivity index (χ1) is 11.1. The van der Waals surface area contributed by atoms with Gasteiger partial charge in [0.1, 0.15) is 6.61 Å². The molecule has 2 atom stereocenters. The van der Waals surface area contributed by atoms with Crippen molar-refractivity contribution in [2.75, 3.05) is 0 Å². The lowest BCUT2D eigenvalue weighted by Crippen LogP contribution is -2.42. The summed E-state index contributed by atoms with van der Waals surface area (Å²) in [5.74, 6) is -1.48. The van der Waals surface area contributed by atoms with Gasteiger partial charge in [0.15, 0.2) is 0 Å². The van der Waals surface area contributed by atoms with E-state index in [1.54, 1.807) is 0 Å². The topological polar surface area (TPSA) is 66.8 Å². The highest BCUT2D eigenvalue weighted by molar-refractivity contribution is 5.71. The largest absolute Gasteiger partial charge is 0.481 e. The fraction of sp³-hybridized carbons (Fsp3) is 0.556. The van der Waals surface area contributed by atoms with Gasteiger partial charge < -0.3 is 5.11 Å². The monoisotopic (exact) mass is 321 g/mol. The smallest absolute Gasteiger partial charge is 0.308 e. The molecule has 1 N–H and O–H groups in total. The number of amides is 1. The van der Waals surface area contributed by atoms with Crippen LogP contribution < -0.4 is 0 Å². The van der Waals surface area contributed by atoms with Gasteiger partial charge >= 0.3 is 5.97 Å². The summed E-state index contributed by atoms with van der Waals surface area (Å²) in [4.78, 5) is 28.6. The summed E-state index contributed by atoms with van der Waals surface area (Å²) in [6, 6.07) is 9.05. The highest BCUT2D eigenvalue weighted by Crippen LogP contribution is 2.22. The molecule has 23 heavy (non-hydrogen) atoms. The molecule has 0 heterocycles. The number of hydroxylamine groups is 2. The Hall–Kier alpha value is -1.88. The summed E-state index contributed by atoms with van der Waals surface area (Å²) < 4.78 is 0. The molecule has 0 aliphatic carbocycles. The molecule has 1 aromatic rings. The molecule has 1 amide bonds. The molecule has 1 rings (SSSR count). The molecule has 5 heteroatoms. The third kappa shape index (κ3) is 6.40. The fourth-order valence-corrected chi connectivity index (χ4v) is 2.66. The number of carbonyl (C=O) groups is 2. The molecule has 1 aromatic carbocycles. The lowest BCUT2D eigenvalue weighted by molar-refractivity contribution is -0.202. The number of aliphatic carboxylic acids is 1. The molecule has 0 saturated heterocycles. The summed E-state index contributed by atoms with van der Waals surface area (Å²) in [7, 11) is 0. The van der Waals surface area contributed by atoms with Gasteiger partial charge in [-0.15, -0.1) is 0 Å². The summed E-state index contributed by atoms with van der Waals surface area (Å²) in [6.45, 7) is 4.20. The standard InChI is InChI=1S/C18H27NO4/c1-3-5-7-12-16(18(21)22)17(4-2)19(14-20)23-13-15-10-8-6-9-11-15/h6,8-11,14,16-17H,3-5,7,12-13H2,1-2H3,(H,21,22)/t16-,17-/m1/s1. The van der Waals surface area contributed by atoms with Crippen LogP contribution in [0.15, 0.2) is 30.3 Å². The first-order valence-electron chi connectivity index (χ1n) is 8.27. The van der Waals surface area contributed by atoms with Crippen molar-refractivity contribution in [1.29, 1.82) is 0 Å². The summed E-state index contributed by atoms with van der Waals surface area (Å²) >= 11 is 0. The predicted molar refractivity (Wildman–Crippen MR) is 88.5 cm³/mol. The summed E-state index contributed by atoms with van der Waals surface area (Å²) in [5.41, 5.74) is 0.937. The van der Waals surface area contributed by atoms with Gasteiger partial charge in [0.2, 0.25) is 6.41 Å². The van der Waals surface area contributed by atoms with E-state index in [0.29, 0.717) is 19.3 Å². The van der Waals surface area contributed by atoms with Crippen LogP contribution in [-0.4, -0.2) is 28.6 Å². The molecule has 0 aliphatic rings. The third-order valence-corrected chi connectivity index (χ3v) is 3.97. The van der Waals surface area contributed by atoms with Gasteiger partial charge in [0, 0.05) is 0 Å². The van der Waals surface area contributed by atoms with E-state index in [1.807, 2.05) is 37.3 Å². The second-order valence-electron chi connectivity index (χ2n) is 5.64. The molecule has 0 fully saturated rings. The minimum absolute atomic E-state index is 0.247. The molecule has 0 saturated carbocycles. The molecule has 0 aromatic heterocycles. The number of hydrogen-bond acceptors (Lipinski definition) is 3. The number of carbonyl (C=O) groups excluding carboxylic acids is 1. The Kier molecular flexibility index (Phi) is 8.98. The van der Waals surface area contributed by atoms with Crippen LogP contribution in [0.5, 0.6) is 0 Å². The zero-order valence-corrected chi connectivity index (χ0v) is 14.0. The molecular weight excluding hydrogens is 294 g/mol. The van der Waals surface area contributed by atoms with E-state index >= 15 is 0 Å². The zero-order chi connectivity index (χ0) is 17.1. The molecule has 128 valence electrons. The minimum atomic E-state index is -0.872. The van der Waals surface area contributed by atoms with Crippen molar-refractivity contribution in [3.05, 3.63) is 35.9 Å². The molecule has 0 radical (unpaired) electrons. The normalized spacial score (nSPS) is 13.3. The lowest BCUT2D eigenvalue weighted by atomic mass is 9.91. The van der Waals surface area contributed by atoms with Crippen LogP contribution in [-0.2, 0) is 21.0 Å². The molecule has 5 nitrogen and oxygen atoms in total. The number of nitrogens with zero attached hydrogens (tertiary/aromatic N) is 1. The maximum atomic E-state index is 11.6. The van der Waals surface area contributed by atoms with Gasteiger partial charge in [0.05, 0.1) is 12.0 Å². The fourth-order valence-electron chi connectivity index (χ4n) is 2.66. The van der Waals surface area contributed by atoms with Crippen LogP contribution in [0, 0.1) is 5.92 Å². The van der Waals surface area contributed by atoms with E-state index < -0.39 is 17.9 Å². The Balaban J connectivity index is 2.71. The SMILES string of the molecule is CCCCC[C@@H](C(=O)O)[C@@H](CC)N(C=O)OCc1ccccc1. The zero-order valence-electron chi connectivity index (χ0n) is 14.0. The molecule has 0 unspecified atom stereocenters. The lowest BCUT2D eigenvalue weighted by Gasteiger charge is -2.31. The van der Waals surface area contributed by atoms with Crippen molar-refractivity contribution in [2.45, 2.75) is 58.6 Å². The van der Waals surface area contributed by atoms with E-state index in [4.69, 9.17) is 4.84 Å². The van der Waals surface area contributed by atoms with Crippen LogP contribution in [0.3, 0.4) is 0 Å². The second-order valence-corrected chi connectivity index (χ2v) is 5.64. The van der Waals surface area contributed by atoms with Crippen LogP contribution in [0.25, 0.3) is 0 Å². The average Bonchev–Trinajstić information content (AvgIpc) is 2.57. The van der Waals surface area contributed by atoms with E-state index in [0.717, 1.165) is 24.8 Å². The minimum Gasteiger partial charge on any atom is -0.481 e. The van der Waals surface area contributed by atoms with E-state index in [1.165, 1.54) is 5.06 Å². The van der Waals surface area contributed by atoms with E-state index in [-0.39, 0.29) is 6.61 Å². The van der Waals surface area contributed by atoms with Crippen molar-refractivity contribution in [3.8, 4) is 0 Å². The van der Waals surface area contributed by atoms with Gasteiger partial charge in [-0.25, -0.2) is 5.06 Å². The Morgan fingerprint density at radius 3 is 2.48 bits per heavy atom. The van der Waals surface area contributed by atoms with Crippen LogP contribution in [0.2, 0.25) is 0 Å². The van der Waals surface area contributed by atoms with Crippen LogP contribution in [0.1, 0.15) is 51.5 Å². The van der Waals surface area contributed by atoms with Crippen molar-refractivity contribution in [2.24, 2.45) is 5.92 Å². The maximum absolute atomic E-state index is 11.6. The first-order valence-corrected chi connectivity index (χ1v) is 8.27. The summed E-state index contributed by atoms with van der Waals surface area (Å²) in [5, 5.41) is 10.7. The summed E-state index contributed by atoms with van der Waals surface area (Å²) in [6.07, 6.45) is 4.55. The average molecular weight is 321 g/mol. The Bertz CT molecular complexity index is 463. The van der Waals surface area contributed by atoms with Gasteiger partial charge in [-0.1, -0.05) is 63.4 Å². The number of benzene rings is 1. The number of carboxylic acids is 1. The third-order valence-electron chi connectivity index (χ3n) is 3.97.